The maximum absolute atomic E-state index is 9.42. The Morgan fingerprint density at radius 2 is 2.22 bits per heavy atom. The summed E-state index contributed by atoms with van der Waals surface area (Å²) in [5, 5.41) is 13.4. The molecule has 3 rings (SSSR count). The highest BCUT2D eigenvalue weighted by Crippen LogP contribution is 2.33. The van der Waals surface area contributed by atoms with Gasteiger partial charge in [-0.2, -0.15) is 4.98 Å². The van der Waals surface area contributed by atoms with Gasteiger partial charge in [0, 0.05) is 17.5 Å². The third kappa shape index (κ3) is 2.09. The van der Waals surface area contributed by atoms with Gasteiger partial charge in [-0.05, 0) is 31.4 Å². The maximum atomic E-state index is 9.42. The Labute approximate surface area is 105 Å². The van der Waals surface area contributed by atoms with E-state index in [1.807, 2.05) is 6.07 Å². The first-order chi connectivity index (χ1) is 8.72. The van der Waals surface area contributed by atoms with E-state index in [0.717, 1.165) is 24.8 Å². The van der Waals surface area contributed by atoms with Gasteiger partial charge in [0.2, 0.25) is 11.7 Å². The van der Waals surface area contributed by atoms with Crippen molar-refractivity contribution >= 4 is 0 Å². The quantitative estimate of drug-likeness (QED) is 0.845. The molecular formula is C13H15N3O2. The summed E-state index contributed by atoms with van der Waals surface area (Å²) >= 11 is 0. The van der Waals surface area contributed by atoms with Gasteiger partial charge in [0.1, 0.15) is 5.75 Å². The molecule has 1 saturated carbocycles. The van der Waals surface area contributed by atoms with Gasteiger partial charge in [-0.1, -0.05) is 17.3 Å². The third-order valence-electron chi connectivity index (χ3n) is 3.37. The van der Waals surface area contributed by atoms with E-state index in [4.69, 9.17) is 10.3 Å². The summed E-state index contributed by atoms with van der Waals surface area (Å²) in [6.45, 7) is 0. The second-order valence-electron chi connectivity index (χ2n) is 4.78. The van der Waals surface area contributed by atoms with Crippen LogP contribution in [-0.2, 0) is 0 Å². The summed E-state index contributed by atoms with van der Waals surface area (Å²) < 4.78 is 5.29. The molecule has 0 aliphatic heterocycles. The normalized spacial score (nSPS) is 23.4. The minimum Gasteiger partial charge on any atom is -0.508 e. The molecule has 94 valence electrons. The number of aromatic nitrogens is 2. The zero-order valence-corrected chi connectivity index (χ0v) is 9.91. The van der Waals surface area contributed by atoms with Crippen LogP contribution in [0.15, 0.2) is 28.8 Å². The Kier molecular flexibility index (Phi) is 2.76. The third-order valence-corrected chi connectivity index (χ3v) is 3.37. The Balaban J connectivity index is 1.85. The zero-order chi connectivity index (χ0) is 12.5. The predicted molar refractivity (Wildman–Crippen MR) is 66.0 cm³/mol. The van der Waals surface area contributed by atoms with Crippen molar-refractivity contribution in [3.05, 3.63) is 30.2 Å². The highest BCUT2D eigenvalue weighted by molar-refractivity contribution is 5.56. The zero-order valence-electron chi connectivity index (χ0n) is 9.91. The second-order valence-corrected chi connectivity index (χ2v) is 4.78. The number of hydrogen-bond donors (Lipinski definition) is 2. The molecule has 0 spiro atoms. The van der Waals surface area contributed by atoms with Crippen LogP contribution in [0.4, 0.5) is 0 Å². The van der Waals surface area contributed by atoms with Crippen LogP contribution in [0.3, 0.4) is 0 Å². The first kappa shape index (κ1) is 11.2. The van der Waals surface area contributed by atoms with Gasteiger partial charge in [0.05, 0.1) is 0 Å². The highest BCUT2D eigenvalue weighted by atomic mass is 16.5. The molecule has 5 nitrogen and oxygen atoms in total. The van der Waals surface area contributed by atoms with Crippen LogP contribution in [0.1, 0.15) is 31.1 Å². The van der Waals surface area contributed by atoms with Crippen molar-refractivity contribution in [2.24, 2.45) is 5.73 Å². The summed E-state index contributed by atoms with van der Waals surface area (Å²) in [4.78, 5) is 4.39. The summed E-state index contributed by atoms with van der Waals surface area (Å²) in [5.41, 5.74) is 6.63. The van der Waals surface area contributed by atoms with E-state index >= 15 is 0 Å². The Hall–Kier alpha value is -1.88. The molecule has 1 fully saturated rings. The van der Waals surface area contributed by atoms with Crippen LogP contribution in [0, 0.1) is 0 Å². The van der Waals surface area contributed by atoms with Crippen LogP contribution in [0.5, 0.6) is 5.75 Å². The lowest BCUT2D eigenvalue weighted by Gasteiger charge is -2.01. The number of phenols is 1. The minimum atomic E-state index is 0.196. The van der Waals surface area contributed by atoms with Crippen LogP contribution in [-0.4, -0.2) is 21.3 Å². The van der Waals surface area contributed by atoms with Gasteiger partial charge in [-0.15, -0.1) is 0 Å². The molecule has 18 heavy (non-hydrogen) atoms. The van der Waals surface area contributed by atoms with Gasteiger partial charge in [0.15, 0.2) is 0 Å². The van der Waals surface area contributed by atoms with E-state index in [-0.39, 0.29) is 17.7 Å². The van der Waals surface area contributed by atoms with Crippen LogP contribution in [0.25, 0.3) is 11.4 Å². The fourth-order valence-corrected chi connectivity index (χ4v) is 2.40. The largest absolute Gasteiger partial charge is 0.508 e. The molecule has 1 heterocycles. The molecule has 0 radical (unpaired) electrons. The summed E-state index contributed by atoms with van der Waals surface area (Å²) in [5.74, 6) is 1.64. The summed E-state index contributed by atoms with van der Waals surface area (Å²) in [6, 6.07) is 7.07. The summed E-state index contributed by atoms with van der Waals surface area (Å²) in [6.07, 6.45) is 2.92. The predicted octanol–water partition coefficient (Wildman–Crippen LogP) is 2.04. The number of benzene rings is 1. The van der Waals surface area contributed by atoms with Crippen molar-refractivity contribution in [1.82, 2.24) is 10.1 Å². The standard InChI is InChI=1S/C13H15N3O2/c14-10-5-4-9(6-10)13-15-12(16-18-13)8-2-1-3-11(17)7-8/h1-3,7,9-10,17H,4-6,14H2. The fraction of sp³-hybridized carbons (Fsp3) is 0.385. The van der Waals surface area contributed by atoms with Crippen LogP contribution >= 0.6 is 0 Å². The van der Waals surface area contributed by atoms with E-state index in [1.54, 1.807) is 18.2 Å². The fourth-order valence-electron chi connectivity index (χ4n) is 2.40. The molecule has 3 N–H and O–H groups in total. The lowest BCUT2D eigenvalue weighted by atomic mass is 10.1. The van der Waals surface area contributed by atoms with Gasteiger partial charge >= 0.3 is 0 Å². The average molecular weight is 245 g/mol. The minimum absolute atomic E-state index is 0.196. The first-order valence-corrected chi connectivity index (χ1v) is 6.11. The van der Waals surface area contributed by atoms with Crippen molar-refractivity contribution in [2.75, 3.05) is 0 Å². The number of hydrogen-bond acceptors (Lipinski definition) is 5. The number of rotatable bonds is 2. The van der Waals surface area contributed by atoms with E-state index in [2.05, 4.69) is 10.1 Å². The highest BCUT2D eigenvalue weighted by Gasteiger charge is 2.27. The molecule has 0 amide bonds. The molecule has 0 bridgehead atoms. The molecule has 1 aliphatic carbocycles. The van der Waals surface area contributed by atoms with Gasteiger partial charge in [0.25, 0.3) is 0 Å². The van der Waals surface area contributed by atoms with Gasteiger partial charge in [-0.25, -0.2) is 0 Å². The van der Waals surface area contributed by atoms with E-state index in [9.17, 15) is 5.11 Å². The van der Waals surface area contributed by atoms with Crippen molar-refractivity contribution in [3.8, 4) is 17.1 Å². The van der Waals surface area contributed by atoms with Crippen molar-refractivity contribution in [1.29, 1.82) is 0 Å². The topological polar surface area (TPSA) is 85.2 Å². The van der Waals surface area contributed by atoms with E-state index in [0.29, 0.717) is 11.7 Å². The Morgan fingerprint density at radius 1 is 1.33 bits per heavy atom. The SMILES string of the molecule is NC1CCC(c2nc(-c3cccc(O)c3)no2)C1. The Morgan fingerprint density at radius 3 is 2.94 bits per heavy atom. The summed E-state index contributed by atoms with van der Waals surface area (Å²) in [7, 11) is 0. The number of nitrogens with zero attached hydrogens (tertiary/aromatic N) is 2. The molecule has 0 saturated heterocycles. The molecule has 2 unspecified atom stereocenters. The van der Waals surface area contributed by atoms with Gasteiger partial charge in [-0.3, -0.25) is 0 Å². The number of aromatic hydroxyl groups is 1. The molecule has 1 aromatic carbocycles. The van der Waals surface area contributed by atoms with Crippen molar-refractivity contribution in [3.63, 3.8) is 0 Å². The molecular weight excluding hydrogens is 230 g/mol. The molecule has 1 aromatic heterocycles. The van der Waals surface area contributed by atoms with Crippen LogP contribution < -0.4 is 5.73 Å². The lowest BCUT2D eigenvalue weighted by molar-refractivity contribution is 0.353. The average Bonchev–Trinajstić information content (AvgIpc) is 2.97. The monoisotopic (exact) mass is 245 g/mol. The maximum Gasteiger partial charge on any atom is 0.230 e. The molecule has 2 aromatic rings. The van der Waals surface area contributed by atoms with Crippen LogP contribution in [0.2, 0.25) is 0 Å². The molecule has 1 aliphatic rings. The Bertz CT molecular complexity index is 553. The number of nitrogens with two attached hydrogens (primary N) is 1. The van der Waals surface area contributed by atoms with Gasteiger partial charge < -0.3 is 15.4 Å². The first-order valence-electron chi connectivity index (χ1n) is 6.11. The smallest absolute Gasteiger partial charge is 0.230 e. The molecule has 2 atom stereocenters. The van der Waals surface area contributed by atoms with E-state index in [1.165, 1.54) is 0 Å². The van der Waals surface area contributed by atoms with E-state index < -0.39 is 0 Å². The molecule has 5 heteroatoms. The lowest BCUT2D eigenvalue weighted by Crippen LogP contribution is -2.14. The van der Waals surface area contributed by atoms with Crippen molar-refractivity contribution < 1.29 is 9.63 Å². The number of phenolic OH excluding ortho intramolecular Hbond substituents is 1. The van der Waals surface area contributed by atoms with Crippen molar-refractivity contribution in [2.45, 2.75) is 31.2 Å². The second kappa shape index (κ2) is 4.42.